The van der Waals surface area contributed by atoms with Crippen LogP contribution in [-0.2, 0) is 0 Å². The number of ketones is 1. The maximum Gasteiger partial charge on any atom is 0.260 e. The van der Waals surface area contributed by atoms with Crippen LogP contribution in [0.2, 0.25) is 5.02 Å². The third-order valence-electron chi connectivity index (χ3n) is 6.46. The van der Waals surface area contributed by atoms with E-state index in [1.54, 1.807) is 24.0 Å². The van der Waals surface area contributed by atoms with Gasteiger partial charge in [-0.25, -0.2) is 13.2 Å². The van der Waals surface area contributed by atoms with Gasteiger partial charge in [-0.15, -0.1) is 0 Å². The first-order valence-corrected chi connectivity index (χ1v) is 12.4. The number of hydrogen-bond acceptors (Lipinski definition) is 5. The highest BCUT2D eigenvalue weighted by atomic mass is 35.5. The molecule has 36 heavy (non-hydrogen) atoms. The topological polar surface area (TPSA) is 48.0 Å². The smallest absolute Gasteiger partial charge is 0.260 e. The Labute approximate surface area is 215 Å². The number of nitrogens with zero attached hydrogens (tertiary/aromatic N) is 1. The molecule has 0 saturated carbocycles. The van der Waals surface area contributed by atoms with Gasteiger partial charge >= 0.3 is 0 Å². The summed E-state index contributed by atoms with van der Waals surface area (Å²) in [5.41, 5.74) is 1.73. The van der Waals surface area contributed by atoms with E-state index in [2.05, 4.69) is 0 Å². The molecule has 2 aromatic rings. The summed E-state index contributed by atoms with van der Waals surface area (Å²) in [5, 5.41) is 0.243. The molecular formula is C27H33ClF3NO4. The van der Waals surface area contributed by atoms with Gasteiger partial charge in [0.05, 0.1) is 30.8 Å². The van der Waals surface area contributed by atoms with Gasteiger partial charge in [-0.2, -0.15) is 0 Å². The molecule has 3 rings (SSSR count). The van der Waals surface area contributed by atoms with Gasteiger partial charge in [0.1, 0.15) is 12.4 Å². The van der Waals surface area contributed by atoms with Gasteiger partial charge in [-0.05, 0) is 62.4 Å². The Balaban J connectivity index is 1.80. The summed E-state index contributed by atoms with van der Waals surface area (Å²) in [5.74, 6) is -2.55. The Morgan fingerprint density at radius 3 is 2.42 bits per heavy atom. The van der Waals surface area contributed by atoms with Crippen molar-refractivity contribution in [1.82, 2.24) is 4.90 Å². The number of halogens is 4. The number of carbonyl (C=O) groups is 1. The Bertz CT molecular complexity index is 1060. The first kappa shape index (κ1) is 28.1. The van der Waals surface area contributed by atoms with E-state index in [0.29, 0.717) is 24.9 Å². The molecule has 0 bridgehead atoms. The maximum atomic E-state index is 13.8. The molecule has 1 fully saturated rings. The van der Waals surface area contributed by atoms with Crippen LogP contribution < -0.4 is 14.2 Å². The van der Waals surface area contributed by atoms with Gasteiger partial charge in [0, 0.05) is 13.0 Å². The predicted molar refractivity (Wildman–Crippen MR) is 134 cm³/mol. The van der Waals surface area contributed by atoms with Gasteiger partial charge in [-0.1, -0.05) is 30.7 Å². The number of piperidine rings is 1. The van der Waals surface area contributed by atoms with Crippen LogP contribution in [0.5, 0.6) is 17.2 Å². The van der Waals surface area contributed by atoms with E-state index in [-0.39, 0.29) is 78.1 Å². The van der Waals surface area contributed by atoms with E-state index in [9.17, 15) is 18.0 Å². The van der Waals surface area contributed by atoms with Crippen molar-refractivity contribution in [2.45, 2.75) is 51.9 Å². The van der Waals surface area contributed by atoms with Crippen molar-refractivity contribution >= 4 is 17.4 Å². The Hall–Kier alpha value is -2.45. The normalized spacial score (nSPS) is 16.4. The fraction of sp³-hybridized carbons (Fsp3) is 0.519. The number of hydrogen-bond donors (Lipinski definition) is 0. The Kier molecular flexibility index (Phi) is 9.53. The molecular weight excluding hydrogens is 495 g/mol. The maximum absolute atomic E-state index is 13.8. The molecule has 0 aromatic heterocycles. The van der Waals surface area contributed by atoms with E-state index in [4.69, 9.17) is 25.8 Å². The van der Waals surface area contributed by atoms with Crippen LogP contribution in [0.1, 0.15) is 60.5 Å². The molecule has 0 radical (unpaired) electrons. The summed E-state index contributed by atoms with van der Waals surface area (Å²) >= 11 is 6.52. The van der Waals surface area contributed by atoms with Crippen molar-refractivity contribution in [2.24, 2.45) is 0 Å². The summed E-state index contributed by atoms with van der Waals surface area (Å²) in [6.07, 6.45) is 0.902. The third kappa shape index (κ3) is 6.85. The highest BCUT2D eigenvalue weighted by Crippen LogP contribution is 2.48. The number of alkyl halides is 2. The number of Topliss-reactive ketones (excluding diaryl/α,β-unsaturated/α-hetero) is 1. The second-order valence-corrected chi connectivity index (χ2v) is 9.61. The van der Waals surface area contributed by atoms with Crippen molar-refractivity contribution in [3.05, 3.63) is 51.8 Å². The van der Waals surface area contributed by atoms with Gasteiger partial charge in [0.25, 0.3) is 5.92 Å². The largest absolute Gasteiger partial charge is 0.491 e. The van der Waals surface area contributed by atoms with Crippen LogP contribution in [0, 0.1) is 12.7 Å². The summed E-state index contributed by atoms with van der Waals surface area (Å²) in [7, 11) is 1.45. The highest BCUT2D eigenvalue weighted by molar-refractivity contribution is 6.34. The molecule has 2 aromatic carbocycles. The molecule has 9 heteroatoms. The average molecular weight is 528 g/mol. The molecule has 198 valence electrons. The van der Waals surface area contributed by atoms with E-state index in [1.165, 1.54) is 26.2 Å². The Morgan fingerprint density at radius 2 is 1.81 bits per heavy atom. The predicted octanol–water partition coefficient (Wildman–Crippen LogP) is 6.68. The van der Waals surface area contributed by atoms with E-state index in [0.717, 1.165) is 5.56 Å². The van der Waals surface area contributed by atoms with Gasteiger partial charge in [-0.3, -0.25) is 9.69 Å². The Morgan fingerprint density at radius 1 is 1.14 bits per heavy atom. The molecule has 1 aliphatic rings. The summed E-state index contributed by atoms with van der Waals surface area (Å²) < 4.78 is 58.4. The van der Waals surface area contributed by atoms with Gasteiger partial charge < -0.3 is 14.2 Å². The number of benzene rings is 2. The number of rotatable bonds is 11. The fourth-order valence-corrected chi connectivity index (χ4v) is 4.71. The minimum atomic E-state index is -2.71. The molecule has 0 spiro atoms. The van der Waals surface area contributed by atoms with E-state index < -0.39 is 5.92 Å². The molecule has 0 amide bonds. The number of likely N-dealkylation sites (tertiary alicyclic amines) is 1. The van der Waals surface area contributed by atoms with Crippen molar-refractivity contribution < 1.29 is 32.2 Å². The lowest BCUT2D eigenvalue weighted by atomic mass is 9.98. The molecule has 1 unspecified atom stereocenters. The quantitative estimate of drug-likeness (QED) is 0.305. The molecule has 0 N–H and O–H groups in total. The summed E-state index contributed by atoms with van der Waals surface area (Å²) in [4.78, 5) is 14.2. The van der Waals surface area contributed by atoms with Gasteiger partial charge in [0.15, 0.2) is 17.3 Å². The van der Waals surface area contributed by atoms with E-state index >= 15 is 0 Å². The first-order valence-electron chi connectivity index (χ1n) is 12.1. The van der Waals surface area contributed by atoms with Crippen molar-refractivity contribution in [3.63, 3.8) is 0 Å². The van der Waals surface area contributed by atoms with Crippen LogP contribution >= 0.6 is 11.6 Å². The lowest BCUT2D eigenvalue weighted by Crippen LogP contribution is -2.44. The second-order valence-electron chi connectivity index (χ2n) is 9.24. The monoisotopic (exact) mass is 527 g/mol. The number of carbonyl (C=O) groups excluding carboxylic acids is 1. The zero-order valence-corrected chi connectivity index (χ0v) is 21.9. The lowest BCUT2D eigenvalue weighted by Gasteiger charge is -2.32. The van der Waals surface area contributed by atoms with E-state index in [1.807, 2.05) is 6.92 Å². The zero-order valence-electron chi connectivity index (χ0n) is 21.1. The van der Waals surface area contributed by atoms with Crippen molar-refractivity contribution in [2.75, 3.05) is 40.0 Å². The SMILES string of the molecule is COc1c(Cl)c(C)c(C(C)=O)c(OCCN2CCCC(F)(F)C2)c1OCCC(C)c1ccc(F)cc1. The lowest BCUT2D eigenvalue weighted by molar-refractivity contribution is -0.0657. The zero-order chi connectivity index (χ0) is 26.5. The first-order chi connectivity index (χ1) is 17.0. The molecule has 1 atom stereocenters. The highest BCUT2D eigenvalue weighted by Gasteiger charge is 2.35. The van der Waals surface area contributed by atoms with Crippen LogP contribution in [0.3, 0.4) is 0 Å². The van der Waals surface area contributed by atoms with Crippen LogP contribution in [-0.4, -0.2) is 56.6 Å². The van der Waals surface area contributed by atoms with Crippen LogP contribution in [0.4, 0.5) is 13.2 Å². The second kappa shape index (κ2) is 12.2. The standard InChI is InChI=1S/C27H33ClF3NO4/c1-17(20-6-8-21(29)9-7-20)10-14-35-26-24(22(19(3)33)18(2)23(28)25(26)34-4)36-15-13-32-12-5-11-27(30,31)16-32/h6-9,17H,5,10-16H2,1-4H3. The molecule has 1 heterocycles. The molecule has 5 nitrogen and oxygen atoms in total. The van der Waals surface area contributed by atoms with Gasteiger partial charge in [0.2, 0.25) is 5.75 Å². The molecule has 1 saturated heterocycles. The molecule has 1 aliphatic heterocycles. The minimum Gasteiger partial charge on any atom is -0.491 e. The number of methoxy groups -OCH3 is 1. The average Bonchev–Trinajstić information content (AvgIpc) is 2.81. The van der Waals surface area contributed by atoms with Crippen LogP contribution in [0.25, 0.3) is 0 Å². The fourth-order valence-electron chi connectivity index (χ4n) is 4.45. The van der Waals surface area contributed by atoms with Crippen LogP contribution in [0.15, 0.2) is 24.3 Å². The van der Waals surface area contributed by atoms with Crippen molar-refractivity contribution in [1.29, 1.82) is 0 Å². The summed E-state index contributed by atoms with van der Waals surface area (Å²) in [6.45, 7) is 5.96. The third-order valence-corrected chi connectivity index (χ3v) is 6.92. The minimum absolute atomic E-state index is 0.0786. The number of ether oxygens (including phenoxy) is 3. The molecule has 0 aliphatic carbocycles. The van der Waals surface area contributed by atoms with Crippen molar-refractivity contribution in [3.8, 4) is 17.2 Å². The summed E-state index contributed by atoms with van der Waals surface area (Å²) in [6, 6.07) is 6.29.